The molecule has 0 aliphatic carbocycles. The number of thiophene rings is 1. The van der Waals surface area contributed by atoms with Crippen molar-refractivity contribution < 1.29 is 4.79 Å². The number of para-hydroxylation sites is 2. The molecule has 1 aliphatic rings. The summed E-state index contributed by atoms with van der Waals surface area (Å²) in [6.45, 7) is 6.62. The lowest BCUT2D eigenvalue weighted by atomic mass is 10.1. The summed E-state index contributed by atoms with van der Waals surface area (Å²) < 4.78 is 3.09. The molecule has 3 aromatic heterocycles. The third-order valence-corrected chi connectivity index (χ3v) is 6.83. The Morgan fingerprint density at radius 3 is 2.87 bits per heavy atom. The molecule has 2 aromatic carbocycles. The van der Waals surface area contributed by atoms with Crippen molar-refractivity contribution in [3.8, 4) is 5.82 Å². The fourth-order valence-corrected chi connectivity index (χ4v) is 5.36. The van der Waals surface area contributed by atoms with Gasteiger partial charge in [0.25, 0.3) is 5.91 Å². The fourth-order valence-electron chi connectivity index (χ4n) is 4.26. The minimum atomic E-state index is -0.0214. The lowest BCUT2D eigenvalue weighted by Crippen LogP contribution is -2.34. The van der Waals surface area contributed by atoms with Gasteiger partial charge in [0.15, 0.2) is 0 Å². The van der Waals surface area contributed by atoms with Crippen LogP contribution in [0.2, 0.25) is 0 Å². The smallest absolute Gasteiger partial charge is 0.263 e. The van der Waals surface area contributed by atoms with Crippen molar-refractivity contribution in [1.82, 2.24) is 19.9 Å². The van der Waals surface area contributed by atoms with E-state index in [4.69, 9.17) is 4.98 Å². The molecule has 1 aliphatic heterocycles. The summed E-state index contributed by atoms with van der Waals surface area (Å²) in [6.07, 6.45) is 1.75. The zero-order valence-electron chi connectivity index (χ0n) is 16.8. The number of nitrogens with one attached hydrogen (secondary N) is 2. The predicted molar refractivity (Wildman–Crippen MR) is 127 cm³/mol. The molecular weight excluding hydrogens is 406 g/mol. The largest absolute Gasteiger partial charge is 0.381 e. The molecule has 1 amide bonds. The number of amides is 1. The number of pyridine rings is 1. The van der Waals surface area contributed by atoms with Gasteiger partial charge in [-0.25, -0.2) is 9.97 Å². The van der Waals surface area contributed by atoms with Gasteiger partial charge in [-0.1, -0.05) is 18.7 Å². The van der Waals surface area contributed by atoms with Crippen LogP contribution in [0.5, 0.6) is 0 Å². The molecule has 0 radical (unpaired) electrons. The monoisotopic (exact) mass is 425 g/mol. The molecule has 2 N–H and O–H groups in total. The fraction of sp³-hybridized carbons (Fsp3) is 0.125. The van der Waals surface area contributed by atoms with Crippen LogP contribution in [0, 0.1) is 0 Å². The summed E-state index contributed by atoms with van der Waals surface area (Å²) in [5.41, 5.74) is 3.67. The normalized spacial score (nSPS) is 16.2. The van der Waals surface area contributed by atoms with E-state index >= 15 is 0 Å². The van der Waals surface area contributed by atoms with Crippen molar-refractivity contribution in [3.63, 3.8) is 0 Å². The van der Waals surface area contributed by atoms with Crippen LogP contribution in [0.25, 0.3) is 43.9 Å². The van der Waals surface area contributed by atoms with Crippen LogP contribution in [-0.2, 0) is 0 Å². The van der Waals surface area contributed by atoms with E-state index in [0.717, 1.165) is 54.2 Å². The summed E-state index contributed by atoms with van der Waals surface area (Å²) >= 11 is 1.52. The summed E-state index contributed by atoms with van der Waals surface area (Å²) in [5, 5.41) is 8.60. The van der Waals surface area contributed by atoms with Gasteiger partial charge < -0.3 is 10.6 Å². The zero-order valence-corrected chi connectivity index (χ0v) is 17.7. The van der Waals surface area contributed by atoms with Gasteiger partial charge in [-0.15, -0.1) is 11.3 Å². The van der Waals surface area contributed by atoms with Gasteiger partial charge in [0.1, 0.15) is 16.5 Å². The molecule has 0 saturated carbocycles. The second kappa shape index (κ2) is 6.65. The average Bonchev–Trinajstić information content (AvgIpc) is 3.31. The van der Waals surface area contributed by atoms with Crippen LogP contribution >= 0.6 is 11.3 Å². The number of carbonyl (C=O) groups is 1. The Labute approximate surface area is 182 Å². The molecule has 31 heavy (non-hydrogen) atoms. The van der Waals surface area contributed by atoms with Gasteiger partial charge in [0.2, 0.25) is 0 Å². The second-order valence-electron chi connectivity index (χ2n) is 7.73. The Morgan fingerprint density at radius 2 is 2.00 bits per heavy atom. The molecule has 152 valence electrons. The highest BCUT2D eigenvalue weighted by Crippen LogP contribution is 2.41. The maximum absolute atomic E-state index is 12.7. The number of benzene rings is 2. The minimum Gasteiger partial charge on any atom is -0.381 e. The minimum absolute atomic E-state index is 0.0214. The third kappa shape index (κ3) is 2.67. The van der Waals surface area contributed by atoms with Crippen molar-refractivity contribution in [3.05, 3.63) is 65.8 Å². The number of aromatic nitrogens is 3. The van der Waals surface area contributed by atoms with Crippen molar-refractivity contribution in [2.24, 2.45) is 0 Å². The number of anilines is 1. The highest BCUT2D eigenvalue weighted by atomic mass is 32.1. The topological polar surface area (TPSA) is 71.8 Å². The van der Waals surface area contributed by atoms with Crippen molar-refractivity contribution in [2.75, 3.05) is 11.9 Å². The number of nitrogens with zero attached hydrogens (tertiary/aromatic N) is 3. The van der Waals surface area contributed by atoms with Gasteiger partial charge in [-0.2, -0.15) is 0 Å². The first-order valence-corrected chi connectivity index (χ1v) is 11.0. The van der Waals surface area contributed by atoms with E-state index in [-0.39, 0.29) is 11.9 Å². The number of hydrogen-bond acceptors (Lipinski definition) is 5. The molecule has 6 rings (SSSR count). The lowest BCUT2D eigenvalue weighted by molar-refractivity contribution is 0.0949. The first-order valence-electron chi connectivity index (χ1n) is 10.2. The van der Waals surface area contributed by atoms with Gasteiger partial charge >= 0.3 is 0 Å². The molecule has 6 nitrogen and oxygen atoms in total. The van der Waals surface area contributed by atoms with E-state index in [9.17, 15) is 4.79 Å². The van der Waals surface area contributed by atoms with Gasteiger partial charge in [0, 0.05) is 28.1 Å². The number of rotatable bonds is 2. The summed E-state index contributed by atoms with van der Waals surface area (Å²) in [7, 11) is 0. The summed E-state index contributed by atoms with van der Waals surface area (Å²) in [5.74, 6) is 1.52. The Kier molecular flexibility index (Phi) is 3.88. The number of imidazole rings is 1. The van der Waals surface area contributed by atoms with Crippen LogP contribution in [0.3, 0.4) is 0 Å². The Morgan fingerprint density at radius 1 is 1.13 bits per heavy atom. The summed E-state index contributed by atoms with van der Waals surface area (Å²) in [4.78, 5) is 23.0. The van der Waals surface area contributed by atoms with E-state index in [1.165, 1.54) is 11.3 Å². The zero-order chi connectivity index (χ0) is 21.1. The van der Waals surface area contributed by atoms with E-state index < -0.39 is 0 Å². The van der Waals surface area contributed by atoms with Crippen molar-refractivity contribution in [2.45, 2.75) is 13.0 Å². The van der Waals surface area contributed by atoms with Crippen LogP contribution < -0.4 is 10.6 Å². The van der Waals surface area contributed by atoms with Crippen LogP contribution in [0.4, 0.5) is 5.69 Å². The standard InChI is InChI=1S/C24H19N5OS/c1-3-19-28-16-6-4-5-7-17(16)29(19)20-11-8-14-15(27-20)9-10-18-21(14)22-23(31-18)24(30)26-13(2)12-25-22/h3-11,13,25H,1,12H2,2H3,(H,26,30)/t13-/m1/s1. The van der Waals surface area contributed by atoms with Gasteiger partial charge in [-0.3, -0.25) is 9.36 Å². The third-order valence-electron chi connectivity index (χ3n) is 5.67. The van der Waals surface area contributed by atoms with E-state index in [0.29, 0.717) is 6.54 Å². The molecule has 0 spiro atoms. The van der Waals surface area contributed by atoms with Crippen molar-refractivity contribution in [1.29, 1.82) is 0 Å². The Balaban J connectivity index is 1.59. The summed E-state index contributed by atoms with van der Waals surface area (Å²) in [6, 6.07) is 16.2. The quantitative estimate of drug-likeness (QED) is 0.419. The molecule has 0 saturated heterocycles. The molecule has 5 aromatic rings. The first kappa shape index (κ1) is 18.1. The van der Waals surface area contributed by atoms with Crippen LogP contribution in [-0.4, -0.2) is 33.0 Å². The van der Waals surface area contributed by atoms with E-state index in [1.807, 2.05) is 54.0 Å². The molecule has 4 heterocycles. The average molecular weight is 426 g/mol. The van der Waals surface area contributed by atoms with Crippen LogP contribution in [0.15, 0.2) is 55.1 Å². The molecule has 0 unspecified atom stereocenters. The molecule has 7 heteroatoms. The Bertz CT molecular complexity index is 1530. The van der Waals surface area contributed by atoms with Crippen molar-refractivity contribution >= 4 is 61.0 Å². The van der Waals surface area contributed by atoms with E-state index in [1.54, 1.807) is 6.08 Å². The molecule has 0 fully saturated rings. The number of carbonyl (C=O) groups excluding carboxylic acids is 1. The highest BCUT2D eigenvalue weighted by molar-refractivity contribution is 7.21. The lowest BCUT2D eigenvalue weighted by Gasteiger charge is -2.11. The Hall–Kier alpha value is -3.71. The molecular formula is C24H19N5OS. The predicted octanol–water partition coefficient (Wildman–Crippen LogP) is 4.98. The van der Waals surface area contributed by atoms with E-state index in [2.05, 4.69) is 28.3 Å². The second-order valence-corrected chi connectivity index (χ2v) is 8.79. The van der Waals surface area contributed by atoms with Gasteiger partial charge in [-0.05, 0) is 49.4 Å². The van der Waals surface area contributed by atoms with Gasteiger partial charge in [0.05, 0.1) is 22.2 Å². The molecule has 1 atom stereocenters. The maximum Gasteiger partial charge on any atom is 0.263 e. The molecule has 0 bridgehead atoms. The van der Waals surface area contributed by atoms with Crippen LogP contribution in [0.1, 0.15) is 22.4 Å². The highest BCUT2D eigenvalue weighted by Gasteiger charge is 2.25. The number of hydrogen-bond donors (Lipinski definition) is 2. The number of fused-ring (bicyclic) bond motifs is 6. The first-order chi connectivity index (χ1) is 15.1. The maximum atomic E-state index is 12.7. The SMILES string of the molecule is C=Cc1nc2ccccc2n1-c1ccc2c(ccc3sc4c(c32)NC[C@@H](C)NC4=O)n1.